The van der Waals surface area contributed by atoms with Crippen molar-refractivity contribution in [2.45, 2.75) is 74.3 Å². The summed E-state index contributed by atoms with van der Waals surface area (Å²) in [5.74, 6) is 0. The van der Waals surface area contributed by atoms with E-state index in [2.05, 4.69) is 11.9 Å². The molecule has 1 aliphatic rings. The topological polar surface area (TPSA) is 50.8 Å². The van der Waals surface area contributed by atoms with E-state index in [1.807, 2.05) is 6.08 Å². The lowest BCUT2D eigenvalue weighted by Crippen LogP contribution is -2.48. The van der Waals surface area contributed by atoms with E-state index < -0.39 is 15.5 Å². The van der Waals surface area contributed by atoms with Gasteiger partial charge in [-0.05, 0) is 59.0 Å². The van der Waals surface area contributed by atoms with Crippen LogP contribution in [0.2, 0.25) is 0 Å². The highest BCUT2D eigenvalue weighted by molar-refractivity contribution is 6.68. The number of unbranched alkanes of at least 4 members (excludes halogenated alkanes) is 3. The van der Waals surface area contributed by atoms with Gasteiger partial charge >= 0.3 is 6.09 Å². The molecular formula is C20H35Cl3N2O3. The van der Waals surface area contributed by atoms with Crippen molar-refractivity contribution in [1.82, 2.24) is 10.2 Å². The Morgan fingerprint density at radius 3 is 2.39 bits per heavy atom. The normalized spacial score (nSPS) is 16.2. The molecular weight excluding hydrogens is 423 g/mol. The zero-order valence-corrected chi connectivity index (χ0v) is 19.4. The lowest BCUT2D eigenvalue weighted by molar-refractivity contribution is -0.0157. The summed E-state index contributed by atoms with van der Waals surface area (Å²) in [6.07, 6.45) is 8.98. The van der Waals surface area contributed by atoms with Crippen LogP contribution in [0.4, 0.5) is 4.79 Å². The van der Waals surface area contributed by atoms with Crippen LogP contribution in [0.1, 0.15) is 58.8 Å². The average Bonchev–Trinajstić information content (AvgIpc) is 2.62. The molecule has 28 heavy (non-hydrogen) atoms. The molecule has 1 aliphatic heterocycles. The minimum absolute atomic E-state index is 0.200. The van der Waals surface area contributed by atoms with E-state index in [9.17, 15) is 4.79 Å². The lowest BCUT2D eigenvalue weighted by Gasteiger charge is -2.36. The number of piperidine rings is 1. The maximum Gasteiger partial charge on any atom is 0.410 e. The minimum Gasteiger partial charge on any atom is -0.439 e. The molecule has 1 heterocycles. The molecule has 0 unspecified atom stereocenters. The fourth-order valence-corrected chi connectivity index (χ4v) is 2.95. The number of halogens is 3. The predicted octanol–water partition coefficient (Wildman–Crippen LogP) is 5.48. The molecule has 0 saturated carbocycles. The van der Waals surface area contributed by atoms with Crippen molar-refractivity contribution in [2.24, 2.45) is 0 Å². The van der Waals surface area contributed by atoms with Crippen LogP contribution in [0.25, 0.3) is 0 Å². The molecule has 0 bridgehead atoms. The van der Waals surface area contributed by atoms with Gasteiger partial charge in [-0.3, -0.25) is 0 Å². The second-order valence-electron chi connectivity index (χ2n) is 7.67. The Kier molecular flexibility index (Phi) is 12.2. The predicted molar refractivity (Wildman–Crippen MR) is 118 cm³/mol. The quantitative estimate of drug-likeness (QED) is 0.239. The van der Waals surface area contributed by atoms with Crippen LogP contribution >= 0.6 is 34.8 Å². The van der Waals surface area contributed by atoms with Gasteiger partial charge in [-0.2, -0.15) is 0 Å². The summed E-state index contributed by atoms with van der Waals surface area (Å²) in [5, 5.41) is 3.40. The first kappa shape index (κ1) is 25.8. The molecule has 164 valence electrons. The molecule has 0 atom stereocenters. The average molecular weight is 458 g/mol. The van der Waals surface area contributed by atoms with Gasteiger partial charge in [-0.15, -0.1) is 6.58 Å². The Bertz CT molecular complexity index is 462. The molecule has 0 aliphatic carbocycles. The second kappa shape index (κ2) is 13.2. The number of amides is 1. The van der Waals surface area contributed by atoms with Gasteiger partial charge in [-0.1, -0.05) is 53.7 Å². The molecule has 1 N–H and O–H groups in total. The fraction of sp³-hybridized carbons (Fsp3) is 0.850. The lowest BCUT2D eigenvalue weighted by atomic mass is 10.1. The van der Waals surface area contributed by atoms with Gasteiger partial charge in [0.25, 0.3) is 0 Å². The Balaban J connectivity index is 2.09. The smallest absolute Gasteiger partial charge is 0.410 e. The molecule has 0 radical (unpaired) electrons. The molecule has 1 saturated heterocycles. The molecule has 0 aromatic heterocycles. The maximum atomic E-state index is 12.3. The van der Waals surface area contributed by atoms with Crippen molar-refractivity contribution in [1.29, 1.82) is 0 Å². The van der Waals surface area contributed by atoms with Gasteiger partial charge < -0.3 is 19.7 Å². The number of hydrogen-bond donors (Lipinski definition) is 1. The van der Waals surface area contributed by atoms with Crippen molar-refractivity contribution < 1.29 is 14.3 Å². The fourth-order valence-electron chi connectivity index (χ4n) is 2.83. The molecule has 0 aromatic carbocycles. The molecule has 1 rings (SSSR count). The number of hydrogen-bond acceptors (Lipinski definition) is 4. The number of alkyl halides is 3. The number of ether oxygens (including phenoxy) is 2. The van der Waals surface area contributed by atoms with Crippen LogP contribution in [0.15, 0.2) is 12.7 Å². The van der Waals surface area contributed by atoms with Crippen molar-refractivity contribution in [3.8, 4) is 0 Å². The van der Waals surface area contributed by atoms with E-state index in [1.54, 1.807) is 18.7 Å². The van der Waals surface area contributed by atoms with E-state index in [0.717, 1.165) is 45.4 Å². The summed E-state index contributed by atoms with van der Waals surface area (Å²) >= 11 is 17.6. The molecule has 0 aromatic rings. The SMILES string of the molecule is C=CCCNCCCCCCOC1CCN(C(=O)OC(C)(C)C(Cl)(Cl)Cl)CC1. The van der Waals surface area contributed by atoms with Crippen LogP contribution in [0.5, 0.6) is 0 Å². The Labute approximate surface area is 185 Å². The Hall–Kier alpha value is -0.200. The molecule has 1 amide bonds. The van der Waals surface area contributed by atoms with Crippen molar-refractivity contribution in [3.05, 3.63) is 12.7 Å². The van der Waals surface area contributed by atoms with Crippen molar-refractivity contribution >= 4 is 40.9 Å². The van der Waals surface area contributed by atoms with Crippen LogP contribution in [0.3, 0.4) is 0 Å². The molecule has 5 nitrogen and oxygen atoms in total. The molecule has 8 heteroatoms. The highest BCUT2D eigenvalue weighted by atomic mass is 35.6. The van der Waals surface area contributed by atoms with E-state index in [-0.39, 0.29) is 6.10 Å². The summed E-state index contributed by atoms with van der Waals surface area (Å²) < 4.78 is 9.67. The highest BCUT2D eigenvalue weighted by Crippen LogP contribution is 2.40. The minimum atomic E-state index is -1.67. The van der Waals surface area contributed by atoms with Gasteiger partial charge in [-0.25, -0.2) is 4.79 Å². The zero-order valence-electron chi connectivity index (χ0n) is 17.2. The zero-order chi connectivity index (χ0) is 21.0. The number of carbonyl (C=O) groups is 1. The van der Waals surface area contributed by atoms with Gasteiger partial charge in [0.1, 0.15) is 0 Å². The third-order valence-electron chi connectivity index (χ3n) is 4.85. The van der Waals surface area contributed by atoms with Crippen LogP contribution in [-0.2, 0) is 9.47 Å². The first-order valence-corrected chi connectivity index (χ1v) is 11.3. The summed E-state index contributed by atoms with van der Waals surface area (Å²) in [6.45, 7) is 10.9. The number of carbonyl (C=O) groups excluding carboxylic acids is 1. The number of nitrogens with one attached hydrogen (secondary N) is 1. The standard InChI is InChI=1S/C20H35Cl3N2O3/c1-4-5-12-24-13-8-6-7-9-16-27-17-10-14-25(15-11-17)18(26)28-19(2,3)20(21,22)23/h4,17,24H,1,5-16H2,2-3H3. The molecule has 0 spiro atoms. The van der Waals surface area contributed by atoms with E-state index >= 15 is 0 Å². The van der Waals surface area contributed by atoms with Gasteiger partial charge in [0.15, 0.2) is 5.60 Å². The number of likely N-dealkylation sites (tertiary alicyclic amines) is 1. The van der Waals surface area contributed by atoms with Crippen LogP contribution in [-0.4, -0.2) is 59.3 Å². The third kappa shape index (κ3) is 10.0. The summed E-state index contributed by atoms with van der Waals surface area (Å²) in [4.78, 5) is 13.9. The van der Waals surface area contributed by atoms with E-state index in [1.165, 1.54) is 19.3 Å². The molecule has 1 fully saturated rings. The highest BCUT2D eigenvalue weighted by Gasteiger charge is 2.45. The first-order valence-electron chi connectivity index (χ1n) is 10.1. The van der Waals surface area contributed by atoms with Gasteiger partial charge in [0.2, 0.25) is 3.79 Å². The maximum absolute atomic E-state index is 12.3. The van der Waals surface area contributed by atoms with E-state index in [0.29, 0.717) is 13.1 Å². The van der Waals surface area contributed by atoms with Gasteiger partial charge in [0, 0.05) is 19.7 Å². The first-order chi connectivity index (χ1) is 13.2. The monoisotopic (exact) mass is 456 g/mol. The third-order valence-corrected chi connectivity index (χ3v) is 6.22. The van der Waals surface area contributed by atoms with Crippen LogP contribution in [0, 0.1) is 0 Å². The summed E-state index contributed by atoms with van der Waals surface area (Å²) in [6, 6.07) is 0. The van der Waals surface area contributed by atoms with E-state index in [4.69, 9.17) is 44.3 Å². The number of rotatable bonds is 12. The largest absolute Gasteiger partial charge is 0.439 e. The Morgan fingerprint density at radius 1 is 1.14 bits per heavy atom. The number of nitrogens with zero attached hydrogens (tertiary/aromatic N) is 1. The van der Waals surface area contributed by atoms with Crippen molar-refractivity contribution in [3.63, 3.8) is 0 Å². The summed E-state index contributed by atoms with van der Waals surface area (Å²) in [7, 11) is 0. The summed E-state index contributed by atoms with van der Waals surface area (Å²) in [5.41, 5.74) is -1.19. The van der Waals surface area contributed by atoms with Crippen molar-refractivity contribution in [2.75, 3.05) is 32.8 Å². The second-order valence-corrected chi connectivity index (χ2v) is 9.96. The van der Waals surface area contributed by atoms with Crippen LogP contribution < -0.4 is 5.32 Å². The Morgan fingerprint density at radius 2 is 1.79 bits per heavy atom. The van der Waals surface area contributed by atoms with Gasteiger partial charge in [0.05, 0.1) is 6.10 Å².